The number of benzene rings is 1. The minimum absolute atomic E-state index is 0.112. The van der Waals surface area contributed by atoms with Crippen molar-refractivity contribution in [3.05, 3.63) is 29.8 Å². The summed E-state index contributed by atoms with van der Waals surface area (Å²) in [4.78, 5) is 2.36. The van der Waals surface area contributed by atoms with Crippen LogP contribution in [0, 0.1) is 5.41 Å². The first-order chi connectivity index (χ1) is 10.1. The van der Waals surface area contributed by atoms with Gasteiger partial charge < -0.3 is 15.4 Å². The van der Waals surface area contributed by atoms with Crippen molar-refractivity contribution in [2.24, 2.45) is 5.73 Å². The second kappa shape index (κ2) is 5.89. The Balaban J connectivity index is 1.71. The molecule has 2 saturated heterocycles. The molecule has 0 radical (unpaired) electrons. The number of nitrogen functional groups attached to an aromatic ring is 1. The molecule has 0 amide bonds. The van der Waals surface area contributed by atoms with Gasteiger partial charge in [-0.3, -0.25) is 5.41 Å². The third-order valence-corrected chi connectivity index (χ3v) is 5.89. The zero-order valence-corrected chi connectivity index (χ0v) is 13.3. The van der Waals surface area contributed by atoms with Crippen LogP contribution in [0.4, 0.5) is 5.69 Å². The first-order valence-corrected chi connectivity index (χ1v) is 8.64. The van der Waals surface area contributed by atoms with Gasteiger partial charge >= 0.3 is 0 Å². The molecule has 0 saturated carbocycles. The smallest absolute Gasteiger partial charge is 0.122 e. The molecule has 1 spiro atoms. The molecule has 1 aromatic carbocycles. The summed E-state index contributed by atoms with van der Waals surface area (Å²) in [5, 5.41) is 7.46. The van der Waals surface area contributed by atoms with Gasteiger partial charge in [-0.05, 0) is 49.3 Å². The number of ether oxygens (including phenoxy) is 1. The Bertz CT molecular complexity index is 511. The lowest BCUT2D eigenvalue weighted by Gasteiger charge is -2.42. The van der Waals surface area contributed by atoms with Crippen molar-refractivity contribution in [2.45, 2.75) is 30.9 Å². The Hall–Kier alpha value is -1.20. The van der Waals surface area contributed by atoms with E-state index in [1.54, 1.807) is 0 Å². The van der Waals surface area contributed by atoms with Crippen molar-refractivity contribution in [3.8, 4) is 0 Å². The fourth-order valence-electron chi connectivity index (χ4n) is 3.28. The molecule has 2 fully saturated rings. The molecule has 5 heteroatoms. The average molecular weight is 305 g/mol. The van der Waals surface area contributed by atoms with Crippen molar-refractivity contribution in [2.75, 3.05) is 30.1 Å². The molecule has 0 aromatic heterocycles. The standard InChI is InChI=1S/C16H23N3OS/c1-19(13-4-2-12(3-5-13)15(17)18)14-6-8-20-16(10-14)7-9-21-11-16/h2-5,14H,6-11H2,1H3,(H3,17,18). The summed E-state index contributed by atoms with van der Waals surface area (Å²) in [7, 11) is 2.16. The lowest BCUT2D eigenvalue weighted by molar-refractivity contribution is -0.0658. The van der Waals surface area contributed by atoms with Crippen LogP contribution in [-0.4, -0.2) is 42.6 Å². The quantitative estimate of drug-likeness (QED) is 0.665. The van der Waals surface area contributed by atoms with Gasteiger partial charge in [0.15, 0.2) is 0 Å². The van der Waals surface area contributed by atoms with Crippen molar-refractivity contribution >= 4 is 23.3 Å². The fraction of sp³-hybridized carbons (Fsp3) is 0.562. The van der Waals surface area contributed by atoms with E-state index >= 15 is 0 Å². The summed E-state index contributed by atoms with van der Waals surface area (Å²) in [6.07, 6.45) is 3.38. The van der Waals surface area contributed by atoms with E-state index < -0.39 is 0 Å². The Morgan fingerprint density at radius 1 is 1.43 bits per heavy atom. The van der Waals surface area contributed by atoms with E-state index in [9.17, 15) is 0 Å². The van der Waals surface area contributed by atoms with Gasteiger partial charge in [-0.15, -0.1) is 0 Å². The molecular weight excluding hydrogens is 282 g/mol. The highest BCUT2D eigenvalue weighted by atomic mass is 32.2. The number of hydrogen-bond donors (Lipinski definition) is 2. The van der Waals surface area contributed by atoms with Crippen molar-refractivity contribution in [3.63, 3.8) is 0 Å². The van der Waals surface area contributed by atoms with Crippen LogP contribution in [-0.2, 0) is 4.74 Å². The third kappa shape index (κ3) is 3.04. The van der Waals surface area contributed by atoms with E-state index in [1.807, 2.05) is 23.9 Å². The van der Waals surface area contributed by atoms with E-state index in [-0.39, 0.29) is 11.4 Å². The first kappa shape index (κ1) is 14.7. The normalized spacial score (nSPS) is 28.7. The maximum Gasteiger partial charge on any atom is 0.122 e. The number of amidine groups is 1. The molecule has 114 valence electrons. The molecule has 2 heterocycles. The SMILES string of the molecule is CN(c1ccc(C(=N)N)cc1)C1CCOC2(CCSC2)C1. The molecule has 2 atom stereocenters. The molecule has 2 aliphatic heterocycles. The molecule has 2 aliphatic rings. The van der Waals surface area contributed by atoms with Gasteiger partial charge in [0, 0.05) is 36.7 Å². The highest BCUT2D eigenvalue weighted by Gasteiger charge is 2.41. The first-order valence-electron chi connectivity index (χ1n) is 7.49. The van der Waals surface area contributed by atoms with Gasteiger partial charge in [0.2, 0.25) is 0 Å². The van der Waals surface area contributed by atoms with Crippen LogP contribution in [0.5, 0.6) is 0 Å². The number of anilines is 1. The van der Waals surface area contributed by atoms with E-state index in [0.717, 1.165) is 30.8 Å². The van der Waals surface area contributed by atoms with Crippen molar-refractivity contribution in [1.29, 1.82) is 5.41 Å². The van der Waals surface area contributed by atoms with Crippen LogP contribution in [0.1, 0.15) is 24.8 Å². The summed E-state index contributed by atoms with van der Waals surface area (Å²) in [5.74, 6) is 2.49. The second-order valence-electron chi connectivity index (χ2n) is 6.05. The Morgan fingerprint density at radius 2 is 2.19 bits per heavy atom. The molecular formula is C16H23N3OS. The lowest BCUT2D eigenvalue weighted by atomic mass is 9.89. The molecule has 4 nitrogen and oxygen atoms in total. The molecule has 2 unspecified atom stereocenters. The number of nitrogens with zero attached hydrogens (tertiary/aromatic N) is 1. The number of rotatable bonds is 3. The van der Waals surface area contributed by atoms with Crippen LogP contribution >= 0.6 is 11.8 Å². The number of hydrogen-bond acceptors (Lipinski definition) is 4. The predicted molar refractivity (Wildman–Crippen MR) is 89.5 cm³/mol. The summed E-state index contributed by atoms with van der Waals surface area (Å²) < 4.78 is 6.10. The van der Waals surface area contributed by atoms with Crippen LogP contribution in [0.3, 0.4) is 0 Å². The molecule has 3 rings (SSSR count). The van der Waals surface area contributed by atoms with Crippen LogP contribution in [0.25, 0.3) is 0 Å². The van der Waals surface area contributed by atoms with Crippen LogP contribution in [0.15, 0.2) is 24.3 Å². The number of nitrogens with two attached hydrogens (primary N) is 1. The monoisotopic (exact) mass is 305 g/mol. The summed E-state index contributed by atoms with van der Waals surface area (Å²) >= 11 is 2.01. The topological polar surface area (TPSA) is 62.3 Å². The second-order valence-corrected chi connectivity index (χ2v) is 7.16. The molecule has 21 heavy (non-hydrogen) atoms. The summed E-state index contributed by atoms with van der Waals surface area (Å²) in [6, 6.07) is 8.49. The van der Waals surface area contributed by atoms with Gasteiger partial charge in [0.05, 0.1) is 5.60 Å². The summed E-state index contributed by atoms with van der Waals surface area (Å²) in [6.45, 7) is 0.862. The molecule has 0 bridgehead atoms. The van der Waals surface area contributed by atoms with Crippen molar-refractivity contribution in [1.82, 2.24) is 0 Å². The zero-order valence-electron chi connectivity index (χ0n) is 12.5. The van der Waals surface area contributed by atoms with Gasteiger partial charge in [0.25, 0.3) is 0 Å². The van der Waals surface area contributed by atoms with E-state index in [4.69, 9.17) is 15.9 Å². The van der Waals surface area contributed by atoms with Gasteiger partial charge in [-0.1, -0.05) is 0 Å². The largest absolute Gasteiger partial charge is 0.384 e. The summed E-state index contributed by atoms with van der Waals surface area (Å²) in [5.41, 5.74) is 7.59. The maximum atomic E-state index is 7.46. The number of thioether (sulfide) groups is 1. The minimum atomic E-state index is 0.112. The predicted octanol–water partition coefficient (Wildman–Crippen LogP) is 2.46. The van der Waals surface area contributed by atoms with E-state index in [1.165, 1.54) is 17.9 Å². The van der Waals surface area contributed by atoms with Crippen molar-refractivity contribution < 1.29 is 4.74 Å². The minimum Gasteiger partial charge on any atom is -0.384 e. The Morgan fingerprint density at radius 3 is 2.81 bits per heavy atom. The van der Waals surface area contributed by atoms with Gasteiger partial charge in [-0.2, -0.15) is 11.8 Å². The van der Waals surface area contributed by atoms with Gasteiger partial charge in [-0.25, -0.2) is 0 Å². The van der Waals surface area contributed by atoms with E-state index in [2.05, 4.69) is 24.1 Å². The lowest BCUT2D eigenvalue weighted by Crippen LogP contribution is -2.48. The van der Waals surface area contributed by atoms with Crippen LogP contribution < -0.4 is 10.6 Å². The Kier molecular flexibility index (Phi) is 4.13. The molecule has 3 N–H and O–H groups in total. The zero-order chi connectivity index (χ0) is 14.9. The van der Waals surface area contributed by atoms with Gasteiger partial charge in [0.1, 0.15) is 5.84 Å². The molecule has 1 aromatic rings. The van der Waals surface area contributed by atoms with E-state index in [0.29, 0.717) is 6.04 Å². The third-order valence-electron chi connectivity index (χ3n) is 4.67. The highest BCUT2D eigenvalue weighted by Crippen LogP contribution is 2.40. The molecule has 0 aliphatic carbocycles. The van der Waals surface area contributed by atoms with Crippen LogP contribution in [0.2, 0.25) is 0 Å². The fourth-order valence-corrected chi connectivity index (χ4v) is 4.66. The Labute approximate surface area is 130 Å². The maximum absolute atomic E-state index is 7.46. The number of nitrogens with one attached hydrogen (secondary N) is 1. The highest BCUT2D eigenvalue weighted by molar-refractivity contribution is 7.99. The average Bonchev–Trinajstić information content (AvgIpc) is 2.94.